The number of hydrogen-bond donors (Lipinski definition) is 1. The number of hydrogen-bond acceptors (Lipinski definition) is 2. The van der Waals surface area contributed by atoms with Crippen LogP contribution in [-0.4, -0.2) is 35.0 Å². The molecule has 3 aliphatic rings. The molecule has 1 N–H and O–H groups in total. The van der Waals surface area contributed by atoms with E-state index in [0.717, 1.165) is 12.0 Å². The summed E-state index contributed by atoms with van der Waals surface area (Å²) in [4.78, 5) is 26.3. The minimum Gasteiger partial charge on any atom is -0.481 e. The Hall–Kier alpha value is -1.84. The molecule has 1 saturated heterocycles. The monoisotopic (exact) mass is 313 g/mol. The van der Waals surface area contributed by atoms with E-state index in [-0.39, 0.29) is 23.2 Å². The molecule has 2 aliphatic carbocycles. The smallest absolute Gasteiger partial charge is 0.308 e. The van der Waals surface area contributed by atoms with Gasteiger partial charge in [-0.05, 0) is 30.2 Å². The highest BCUT2D eigenvalue weighted by Crippen LogP contribution is 2.63. The number of carbonyl (C=O) groups excluding carboxylic acids is 1. The van der Waals surface area contributed by atoms with Crippen molar-refractivity contribution in [2.75, 3.05) is 13.1 Å². The first-order valence-electron chi connectivity index (χ1n) is 8.67. The van der Waals surface area contributed by atoms with Gasteiger partial charge in [-0.15, -0.1) is 0 Å². The van der Waals surface area contributed by atoms with Crippen molar-refractivity contribution in [3.63, 3.8) is 0 Å². The Balaban J connectivity index is 1.51. The van der Waals surface area contributed by atoms with Gasteiger partial charge in [-0.1, -0.05) is 43.2 Å². The van der Waals surface area contributed by atoms with Crippen LogP contribution in [-0.2, 0) is 9.59 Å². The second kappa shape index (κ2) is 5.36. The molecule has 3 fully saturated rings. The lowest BCUT2D eigenvalue weighted by Crippen LogP contribution is -2.32. The van der Waals surface area contributed by atoms with Crippen LogP contribution >= 0.6 is 0 Å². The quantitative estimate of drug-likeness (QED) is 0.933. The lowest BCUT2D eigenvalue weighted by molar-refractivity contribution is -0.142. The van der Waals surface area contributed by atoms with Crippen LogP contribution in [0.15, 0.2) is 30.3 Å². The summed E-state index contributed by atoms with van der Waals surface area (Å²) in [6, 6.07) is 9.76. The molecule has 2 saturated carbocycles. The van der Waals surface area contributed by atoms with Gasteiger partial charge in [-0.25, -0.2) is 0 Å². The fourth-order valence-electron chi connectivity index (χ4n) is 4.82. The first-order chi connectivity index (χ1) is 11.1. The van der Waals surface area contributed by atoms with E-state index in [1.54, 1.807) is 0 Å². The van der Waals surface area contributed by atoms with E-state index in [4.69, 9.17) is 0 Å². The van der Waals surface area contributed by atoms with Crippen molar-refractivity contribution in [2.24, 2.45) is 17.3 Å². The second-order valence-corrected chi connectivity index (χ2v) is 7.53. The Labute approximate surface area is 136 Å². The average Bonchev–Trinajstić information content (AvgIpc) is 2.91. The minimum atomic E-state index is -0.791. The average molecular weight is 313 g/mol. The third-order valence-corrected chi connectivity index (χ3v) is 6.26. The van der Waals surface area contributed by atoms with Gasteiger partial charge in [-0.3, -0.25) is 9.59 Å². The van der Waals surface area contributed by atoms with Crippen molar-refractivity contribution in [3.8, 4) is 0 Å². The van der Waals surface area contributed by atoms with Crippen molar-refractivity contribution >= 4 is 11.9 Å². The Bertz CT molecular complexity index is 621. The van der Waals surface area contributed by atoms with Crippen molar-refractivity contribution in [1.29, 1.82) is 0 Å². The molecule has 1 aromatic rings. The number of carbonyl (C=O) groups is 2. The molecule has 122 valence electrons. The van der Waals surface area contributed by atoms with Crippen LogP contribution in [0.1, 0.15) is 43.6 Å². The molecule has 0 bridgehead atoms. The normalized spacial score (nSPS) is 31.5. The summed E-state index contributed by atoms with van der Waals surface area (Å²) < 4.78 is 0. The SMILES string of the molecule is O=C(O)C1CN(C(=O)C2CC23CCCC3)CC1c1ccccc1. The molecular weight excluding hydrogens is 290 g/mol. The minimum absolute atomic E-state index is 0.0871. The molecule has 3 atom stereocenters. The Morgan fingerprint density at radius 1 is 1.09 bits per heavy atom. The molecule has 1 spiro atoms. The summed E-state index contributed by atoms with van der Waals surface area (Å²) in [7, 11) is 0. The summed E-state index contributed by atoms with van der Waals surface area (Å²) in [5, 5.41) is 9.57. The van der Waals surface area contributed by atoms with Gasteiger partial charge < -0.3 is 10.0 Å². The molecule has 4 nitrogen and oxygen atoms in total. The van der Waals surface area contributed by atoms with Crippen LogP contribution < -0.4 is 0 Å². The third kappa shape index (κ3) is 2.44. The molecule has 4 rings (SSSR count). The molecule has 1 aliphatic heterocycles. The van der Waals surface area contributed by atoms with Crippen molar-refractivity contribution in [1.82, 2.24) is 4.90 Å². The lowest BCUT2D eigenvalue weighted by atomic mass is 9.89. The summed E-state index contributed by atoms with van der Waals surface area (Å²) in [6.45, 7) is 0.909. The van der Waals surface area contributed by atoms with E-state index in [9.17, 15) is 14.7 Å². The van der Waals surface area contributed by atoms with Crippen molar-refractivity contribution in [2.45, 2.75) is 38.0 Å². The number of rotatable bonds is 3. The first kappa shape index (κ1) is 14.7. The molecule has 23 heavy (non-hydrogen) atoms. The van der Waals surface area contributed by atoms with Gasteiger partial charge >= 0.3 is 5.97 Å². The molecule has 0 aromatic heterocycles. The summed E-state index contributed by atoms with van der Waals surface area (Å²) in [5.41, 5.74) is 1.31. The molecule has 1 heterocycles. The number of amides is 1. The summed E-state index contributed by atoms with van der Waals surface area (Å²) >= 11 is 0. The highest BCUT2D eigenvalue weighted by Gasteiger charge is 2.60. The van der Waals surface area contributed by atoms with Crippen molar-refractivity contribution in [3.05, 3.63) is 35.9 Å². The van der Waals surface area contributed by atoms with E-state index in [0.29, 0.717) is 13.1 Å². The van der Waals surface area contributed by atoms with Gasteiger partial charge in [0.05, 0.1) is 5.92 Å². The van der Waals surface area contributed by atoms with Crippen LogP contribution in [0.5, 0.6) is 0 Å². The van der Waals surface area contributed by atoms with Crippen LogP contribution in [0.3, 0.4) is 0 Å². The maximum Gasteiger partial charge on any atom is 0.308 e. The molecular formula is C19H23NO3. The zero-order valence-corrected chi connectivity index (χ0v) is 13.3. The summed E-state index contributed by atoms with van der Waals surface area (Å²) in [5.74, 6) is -0.998. The van der Waals surface area contributed by atoms with Gasteiger partial charge in [0.15, 0.2) is 0 Å². The molecule has 4 heteroatoms. The van der Waals surface area contributed by atoms with E-state index < -0.39 is 11.9 Å². The number of carboxylic acid groups (broad SMARTS) is 1. The Morgan fingerprint density at radius 3 is 2.43 bits per heavy atom. The van der Waals surface area contributed by atoms with Gasteiger partial charge in [0, 0.05) is 24.9 Å². The zero-order chi connectivity index (χ0) is 16.0. The maximum absolute atomic E-state index is 12.8. The molecule has 1 amide bonds. The Morgan fingerprint density at radius 2 is 1.78 bits per heavy atom. The van der Waals surface area contributed by atoms with Gasteiger partial charge in [0.25, 0.3) is 0 Å². The number of carboxylic acids is 1. The molecule has 0 radical (unpaired) electrons. The largest absolute Gasteiger partial charge is 0.481 e. The fraction of sp³-hybridized carbons (Fsp3) is 0.579. The standard InChI is InChI=1S/C19H23NO3/c21-17(16-10-19(16)8-4-5-9-19)20-11-14(15(12-20)18(22)23)13-6-2-1-3-7-13/h1-3,6-7,14-16H,4-5,8-12H2,(H,22,23). The predicted molar refractivity (Wildman–Crippen MR) is 85.9 cm³/mol. The highest BCUT2D eigenvalue weighted by atomic mass is 16.4. The first-order valence-corrected chi connectivity index (χ1v) is 8.67. The van der Waals surface area contributed by atoms with Crippen LogP contribution in [0.2, 0.25) is 0 Å². The number of nitrogens with zero attached hydrogens (tertiary/aromatic N) is 1. The van der Waals surface area contributed by atoms with E-state index in [2.05, 4.69) is 0 Å². The maximum atomic E-state index is 12.8. The Kier molecular flexibility index (Phi) is 3.43. The van der Waals surface area contributed by atoms with Gasteiger partial charge in [0.1, 0.15) is 0 Å². The van der Waals surface area contributed by atoms with E-state index in [1.807, 2.05) is 35.2 Å². The zero-order valence-electron chi connectivity index (χ0n) is 13.3. The second-order valence-electron chi connectivity index (χ2n) is 7.53. The van der Waals surface area contributed by atoms with Gasteiger partial charge in [-0.2, -0.15) is 0 Å². The fourth-order valence-corrected chi connectivity index (χ4v) is 4.82. The molecule has 3 unspecified atom stereocenters. The highest BCUT2D eigenvalue weighted by molar-refractivity contribution is 5.84. The van der Waals surface area contributed by atoms with Gasteiger partial charge in [0.2, 0.25) is 5.91 Å². The van der Waals surface area contributed by atoms with Crippen LogP contribution in [0.25, 0.3) is 0 Å². The third-order valence-electron chi connectivity index (χ3n) is 6.26. The number of aliphatic carboxylic acids is 1. The summed E-state index contributed by atoms with van der Waals surface area (Å²) in [6.07, 6.45) is 5.88. The number of likely N-dealkylation sites (tertiary alicyclic amines) is 1. The van der Waals surface area contributed by atoms with E-state index >= 15 is 0 Å². The van der Waals surface area contributed by atoms with Crippen LogP contribution in [0.4, 0.5) is 0 Å². The number of benzene rings is 1. The lowest BCUT2D eigenvalue weighted by Gasteiger charge is -2.18. The topological polar surface area (TPSA) is 57.6 Å². The molecule has 1 aromatic carbocycles. The van der Waals surface area contributed by atoms with E-state index in [1.165, 1.54) is 25.7 Å². The predicted octanol–water partition coefficient (Wildman–Crippen LogP) is 2.89. The van der Waals surface area contributed by atoms with Crippen molar-refractivity contribution < 1.29 is 14.7 Å². The van der Waals surface area contributed by atoms with Crippen LogP contribution in [0, 0.1) is 17.3 Å².